The molecule has 1 fully saturated rings. The molecule has 1 aromatic carbocycles. The van der Waals surface area contributed by atoms with Crippen molar-refractivity contribution in [3.63, 3.8) is 0 Å². The summed E-state index contributed by atoms with van der Waals surface area (Å²) in [6.07, 6.45) is 6.15. The van der Waals surface area contributed by atoms with Crippen LogP contribution in [0.5, 0.6) is 5.75 Å². The van der Waals surface area contributed by atoms with Gasteiger partial charge in [-0.2, -0.15) is 0 Å². The number of ether oxygens (including phenoxy) is 1. The Balaban J connectivity index is 1.50. The molecule has 8 nitrogen and oxygen atoms in total. The predicted octanol–water partition coefficient (Wildman–Crippen LogP) is 1.43. The molecular formula is C18H24N4O4S. The van der Waals surface area contributed by atoms with Crippen molar-refractivity contribution < 1.29 is 13.2 Å². The topological polar surface area (TPSA) is 104 Å². The van der Waals surface area contributed by atoms with Gasteiger partial charge >= 0.3 is 0 Å². The number of H-pyrrole nitrogens is 1. The Hall–Kier alpha value is -2.39. The van der Waals surface area contributed by atoms with Crippen molar-refractivity contribution in [2.45, 2.75) is 19.4 Å². The van der Waals surface area contributed by atoms with Gasteiger partial charge in [0.1, 0.15) is 11.4 Å². The molecule has 0 aliphatic carbocycles. The Bertz CT molecular complexity index is 921. The Kier molecular flexibility index (Phi) is 6.12. The molecule has 1 aromatic heterocycles. The molecule has 9 heteroatoms. The second-order valence-electron chi connectivity index (χ2n) is 6.77. The first kappa shape index (κ1) is 19.4. The molecule has 0 spiro atoms. The molecule has 2 heterocycles. The van der Waals surface area contributed by atoms with E-state index in [1.54, 1.807) is 24.4 Å². The summed E-state index contributed by atoms with van der Waals surface area (Å²) in [6, 6.07) is 7.02. The van der Waals surface area contributed by atoms with Gasteiger partial charge < -0.3 is 9.72 Å². The van der Waals surface area contributed by atoms with Gasteiger partial charge in [-0.15, -0.1) is 0 Å². The standard InChI is InChI=1S/C18H24N4O4S/c1-27(24,25)21-15-4-2-3-5-17(15)26-13-14-6-10-22(11-7-14)12-16-18(23)20-9-8-19-16/h2-5,8-9,14,21H,6-7,10-13H2,1H3,(H,20,23). The molecule has 0 saturated carbocycles. The number of para-hydroxylation sites is 2. The van der Waals surface area contributed by atoms with Crippen LogP contribution in [0.25, 0.3) is 0 Å². The number of hydrogen-bond acceptors (Lipinski definition) is 6. The summed E-state index contributed by atoms with van der Waals surface area (Å²) in [7, 11) is -3.35. The first-order valence-corrected chi connectivity index (χ1v) is 10.7. The first-order valence-electron chi connectivity index (χ1n) is 8.85. The van der Waals surface area contributed by atoms with Crippen molar-refractivity contribution in [2.24, 2.45) is 5.92 Å². The van der Waals surface area contributed by atoms with Gasteiger partial charge in [0.2, 0.25) is 10.0 Å². The quantitative estimate of drug-likeness (QED) is 0.739. The average molecular weight is 392 g/mol. The van der Waals surface area contributed by atoms with Crippen LogP contribution in [0.1, 0.15) is 18.5 Å². The van der Waals surface area contributed by atoms with E-state index in [0.717, 1.165) is 32.2 Å². The van der Waals surface area contributed by atoms with Crippen LogP contribution >= 0.6 is 0 Å². The maximum absolute atomic E-state index is 11.7. The lowest BCUT2D eigenvalue weighted by Gasteiger charge is -2.31. The van der Waals surface area contributed by atoms with Crippen LogP contribution in [-0.2, 0) is 16.6 Å². The molecule has 1 aliphatic rings. The van der Waals surface area contributed by atoms with E-state index in [4.69, 9.17) is 4.74 Å². The number of nitrogens with one attached hydrogen (secondary N) is 2. The average Bonchev–Trinajstić information content (AvgIpc) is 2.63. The molecule has 1 aliphatic heterocycles. The lowest BCUT2D eigenvalue weighted by atomic mass is 9.97. The fourth-order valence-electron chi connectivity index (χ4n) is 3.10. The van der Waals surface area contributed by atoms with Crippen LogP contribution in [-0.4, -0.2) is 49.2 Å². The lowest BCUT2D eigenvalue weighted by molar-refractivity contribution is 0.135. The van der Waals surface area contributed by atoms with Gasteiger partial charge in [-0.05, 0) is 44.0 Å². The number of sulfonamides is 1. The molecule has 0 amide bonds. The van der Waals surface area contributed by atoms with Gasteiger partial charge in [0.05, 0.1) is 18.6 Å². The molecule has 27 heavy (non-hydrogen) atoms. The van der Waals surface area contributed by atoms with Gasteiger partial charge in [0.25, 0.3) is 5.56 Å². The van der Waals surface area contributed by atoms with E-state index in [9.17, 15) is 13.2 Å². The molecule has 146 valence electrons. The summed E-state index contributed by atoms with van der Waals surface area (Å²) in [6.45, 7) is 2.81. The van der Waals surface area contributed by atoms with Crippen molar-refractivity contribution in [2.75, 3.05) is 30.7 Å². The van der Waals surface area contributed by atoms with Crippen LogP contribution in [0.15, 0.2) is 41.5 Å². The third-order valence-corrected chi connectivity index (χ3v) is 5.11. The van der Waals surface area contributed by atoms with Gasteiger partial charge in [-0.1, -0.05) is 12.1 Å². The summed E-state index contributed by atoms with van der Waals surface area (Å²) in [5.74, 6) is 0.917. The van der Waals surface area contributed by atoms with Crippen molar-refractivity contribution in [1.29, 1.82) is 0 Å². The number of benzene rings is 1. The molecule has 0 bridgehead atoms. The number of anilines is 1. The fraction of sp³-hybridized carbons (Fsp3) is 0.444. The summed E-state index contributed by atoms with van der Waals surface area (Å²) in [4.78, 5) is 20.7. The summed E-state index contributed by atoms with van der Waals surface area (Å²) >= 11 is 0. The van der Waals surface area contributed by atoms with E-state index >= 15 is 0 Å². The Morgan fingerprint density at radius 2 is 2.04 bits per heavy atom. The number of aromatic nitrogens is 2. The summed E-state index contributed by atoms with van der Waals surface area (Å²) < 4.78 is 31.3. The monoisotopic (exact) mass is 392 g/mol. The highest BCUT2D eigenvalue weighted by Crippen LogP contribution is 2.26. The highest BCUT2D eigenvalue weighted by molar-refractivity contribution is 7.92. The molecule has 0 atom stereocenters. The lowest BCUT2D eigenvalue weighted by Crippen LogP contribution is -2.36. The number of rotatable bonds is 7. The number of nitrogens with zero attached hydrogens (tertiary/aromatic N) is 2. The SMILES string of the molecule is CS(=O)(=O)Nc1ccccc1OCC1CCN(Cc2ncc[nH]c2=O)CC1. The van der Waals surface area contributed by atoms with Crippen molar-refractivity contribution in [3.05, 3.63) is 52.7 Å². The molecule has 2 N–H and O–H groups in total. The summed E-state index contributed by atoms with van der Waals surface area (Å²) in [5, 5.41) is 0. The van der Waals surface area contributed by atoms with Crippen LogP contribution in [0, 0.1) is 5.92 Å². The van der Waals surface area contributed by atoms with E-state index in [1.807, 2.05) is 6.07 Å². The zero-order chi connectivity index (χ0) is 19.3. The molecule has 0 radical (unpaired) electrons. The number of piperidine rings is 1. The predicted molar refractivity (Wildman–Crippen MR) is 103 cm³/mol. The van der Waals surface area contributed by atoms with Crippen LogP contribution in [0.4, 0.5) is 5.69 Å². The highest BCUT2D eigenvalue weighted by atomic mass is 32.2. The molecular weight excluding hydrogens is 368 g/mol. The zero-order valence-electron chi connectivity index (χ0n) is 15.2. The Labute approximate surface area is 158 Å². The Morgan fingerprint density at radius 1 is 1.30 bits per heavy atom. The minimum atomic E-state index is -3.35. The smallest absolute Gasteiger partial charge is 0.270 e. The highest BCUT2D eigenvalue weighted by Gasteiger charge is 2.21. The maximum Gasteiger partial charge on any atom is 0.270 e. The van der Waals surface area contributed by atoms with E-state index < -0.39 is 10.0 Å². The van der Waals surface area contributed by atoms with Crippen molar-refractivity contribution in [1.82, 2.24) is 14.9 Å². The zero-order valence-corrected chi connectivity index (χ0v) is 16.0. The number of aromatic amines is 1. The van der Waals surface area contributed by atoms with Crippen LogP contribution in [0.3, 0.4) is 0 Å². The Morgan fingerprint density at radius 3 is 2.74 bits per heavy atom. The van der Waals surface area contributed by atoms with Gasteiger partial charge in [0.15, 0.2) is 0 Å². The van der Waals surface area contributed by atoms with E-state index in [2.05, 4.69) is 19.6 Å². The van der Waals surface area contributed by atoms with E-state index in [0.29, 0.717) is 36.2 Å². The minimum Gasteiger partial charge on any atom is -0.491 e. The second kappa shape index (κ2) is 8.53. The molecule has 3 rings (SSSR count). The third-order valence-electron chi connectivity index (χ3n) is 4.52. The number of likely N-dealkylation sites (tertiary alicyclic amines) is 1. The van der Waals surface area contributed by atoms with Crippen molar-refractivity contribution >= 4 is 15.7 Å². The second-order valence-corrected chi connectivity index (χ2v) is 8.51. The van der Waals surface area contributed by atoms with E-state index in [1.165, 1.54) is 6.20 Å². The van der Waals surface area contributed by atoms with Gasteiger partial charge in [-0.3, -0.25) is 19.4 Å². The fourth-order valence-corrected chi connectivity index (χ4v) is 3.67. The number of hydrogen-bond donors (Lipinski definition) is 2. The van der Waals surface area contributed by atoms with Gasteiger partial charge in [0, 0.05) is 18.9 Å². The normalized spacial score (nSPS) is 16.2. The first-order chi connectivity index (χ1) is 12.9. The minimum absolute atomic E-state index is 0.141. The molecule has 1 saturated heterocycles. The van der Waals surface area contributed by atoms with Crippen molar-refractivity contribution in [3.8, 4) is 5.75 Å². The maximum atomic E-state index is 11.7. The summed E-state index contributed by atoms with van der Waals surface area (Å²) in [5.41, 5.74) is 0.845. The molecule has 2 aromatic rings. The largest absolute Gasteiger partial charge is 0.491 e. The van der Waals surface area contributed by atoms with E-state index in [-0.39, 0.29) is 5.56 Å². The molecule has 0 unspecified atom stereocenters. The van der Waals surface area contributed by atoms with Gasteiger partial charge in [-0.25, -0.2) is 8.42 Å². The van der Waals surface area contributed by atoms with Crippen LogP contribution < -0.4 is 15.0 Å². The third kappa shape index (κ3) is 5.80. The van der Waals surface area contributed by atoms with Crippen LogP contribution in [0.2, 0.25) is 0 Å².